The van der Waals surface area contributed by atoms with Crippen molar-refractivity contribution in [2.45, 2.75) is 102 Å². The van der Waals surface area contributed by atoms with E-state index in [0.717, 1.165) is 47.6 Å². The van der Waals surface area contributed by atoms with Crippen molar-refractivity contribution in [1.82, 2.24) is 0 Å². The van der Waals surface area contributed by atoms with E-state index in [9.17, 15) is 19.3 Å². The number of hydrogen-bond donors (Lipinski definition) is 0. The van der Waals surface area contributed by atoms with E-state index >= 15 is 0 Å². The van der Waals surface area contributed by atoms with Gasteiger partial charge in [-0.25, -0.2) is 8.78 Å². The first-order chi connectivity index (χ1) is 18.2. The Bertz CT molecular complexity index is 1380. The average molecular weight is 511 g/mol. The SMILES string of the molecule is CC(C)(C)c1ccc2c(-c3cc(C4CCC(F)CC4)cc(C4CCC(F)CC4)c3)c(C#N)c(C#N)cc2c1. The molecule has 2 nitrogen and oxygen atoms in total. The van der Waals surface area contributed by atoms with Crippen LogP contribution < -0.4 is 0 Å². The van der Waals surface area contributed by atoms with Gasteiger partial charge in [0.15, 0.2) is 0 Å². The Balaban J connectivity index is 1.73. The maximum atomic E-state index is 14.0. The fourth-order valence-corrected chi connectivity index (χ4v) is 6.44. The van der Waals surface area contributed by atoms with Gasteiger partial charge in [-0.1, -0.05) is 57.2 Å². The van der Waals surface area contributed by atoms with Gasteiger partial charge in [0.2, 0.25) is 0 Å². The van der Waals surface area contributed by atoms with E-state index in [4.69, 9.17) is 0 Å². The molecular formula is C34H36F2N2. The maximum Gasteiger partial charge on any atom is 0.101 e. The van der Waals surface area contributed by atoms with Crippen molar-refractivity contribution in [3.05, 3.63) is 70.3 Å². The van der Waals surface area contributed by atoms with Gasteiger partial charge in [-0.2, -0.15) is 10.5 Å². The van der Waals surface area contributed by atoms with Gasteiger partial charge in [-0.15, -0.1) is 0 Å². The zero-order chi connectivity index (χ0) is 27.0. The van der Waals surface area contributed by atoms with E-state index in [1.807, 2.05) is 6.07 Å². The second-order valence-corrected chi connectivity index (χ2v) is 12.4. The van der Waals surface area contributed by atoms with Crippen LogP contribution in [-0.2, 0) is 5.41 Å². The van der Waals surface area contributed by atoms with E-state index in [-0.39, 0.29) is 17.3 Å². The molecule has 0 bridgehead atoms. The lowest BCUT2D eigenvalue weighted by atomic mass is 9.77. The molecule has 0 unspecified atom stereocenters. The molecule has 5 rings (SSSR count). The lowest BCUT2D eigenvalue weighted by Gasteiger charge is -2.29. The lowest BCUT2D eigenvalue weighted by Crippen LogP contribution is -2.16. The predicted molar refractivity (Wildman–Crippen MR) is 150 cm³/mol. The van der Waals surface area contributed by atoms with Crippen LogP contribution >= 0.6 is 0 Å². The van der Waals surface area contributed by atoms with E-state index in [1.54, 1.807) is 0 Å². The molecule has 0 N–H and O–H groups in total. The minimum absolute atomic E-state index is 0.0489. The van der Waals surface area contributed by atoms with Crippen molar-refractivity contribution in [3.63, 3.8) is 0 Å². The summed E-state index contributed by atoms with van der Waals surface area (Å²) in [6.07, 6.45) is 4.05. The lowest BCUT2D eigenvalue weighted by molar-refractivity contribution is 0.233. The molecule has 2 fully saturated rings. The largest absolute Gasteiger partial charge is 0.247 e. The molecule has 2 aliphatic rings. The second-order valence-electron chi connectivity index (χ2n) is 12.4. The zero-order valence-electron chi connectivity index (χ0n) is 22.7. The summed E-state index contributed by atoms with van der Waals surface area (Å²) in [5.74, 6) is 0.531. The van der Waals surface area contributed by atoms with Crippen LogP contribution in [0.15, 0.2) is 42.5 Å². The molecule has 38 heavy (non-hydrogen) atoms. The summed E-state index contributed by atoms with van der Waals surface area (Å²) in [7, 11) is 0. The van der Waals surface area contributed by atoms with Gasteiger partial charge in [-0.3, -0.25) is 0 Å². The molecule has 0 radical (unpaired) electrons. The van der Waals surface area contributed by atoms with Gasteiger partial charge in [-0.05, 0) is 108 Å². The molecule has 0 spiro atoms. The highest BCUT2D eigenvalue weighted by atomic mass is 19.1. The van der Waals surface area contributed by atoms with Crippen molar-refractivity contribution < 1.29 is 8.78 Å². The summed E-state index contributed by atoms with van der Waals surface area (Å²) in [6.45, 7) is 6.49. The number of benzene rings is 3. The molecular weight excluding hydrogens is 474 g/mol. The molecule has 3 aromatic rings. The van der Waals surface area contributed by atoms with Crippen molar-refractivity contribution in [3.8, 4) is 23.3 Å². The van der Waals surface area contributed by atoms with Crippen LogP contribution in [-0.4, -0.2) is 12.3 Å². The number of hydrogen-bond acceptors (Lipinski definition) is 2. The highest BCUT2D eigenvalue weighted by Crippen LogP contribution is 2.43. The summed E-state index contributed by atoms with van der Waals surface area (Å²) >= 11 is 0. The van der Waals surface area contributed by atoms with Crippen molar-refractivity contribution >= 4 is 10.8 Å². The molecule has 2 saturated carbocycles. The normalized spacial score (nSPS) is 24.1. The molecule has 0 aliphatic heterocycles. The van der Waals surface area contributed by atoms with Gasteiger partial charge in [0.1, 0.15) is 24.5 Å². The zero-order valence-corrected chi connectivity index (χ0v) is 22.7. The molecule has 3 aromatic carbocycles. The number of halogens is 2. The average Bonchev–Trinajstić information content (AvgIpc) is 2.91. The fourth-order valence-electron chi connectivity index (χ4n) is 6.44. The Labute approximate surface area is 225 Å². The van der Waals surface area contributed by atoms with Crippen molar-refractivity contribution in [2.24, 2.45) is 0 Å². The third-order valence-electron chi connectivity index (χ3n) is 8.76. The van der Waals surface area contributed by atoms with Crippen LogP contribution in [0.1, 0.15) is 112 Å². The standard InChI is InChI=1S/C34H36F2N2/c1-34(2,3)28-8-13-31-25(18-28)17-27(19-37)32(20-38)33(31)26-15-23(21-4-9-29(35)10-5-21)14-24(16-26)22-6-11-30(36)12-7-22/h8,13-18,21-22,29-30H,4-7,9-12H2,1-3H3. The first-order valence-corrected chi connectivity index (χ1v) is 14.0. The third kappa shape index (κ3) is 5.19. The Kier molecular flexibility index (Phi) is 7.28. The third-order valence-corrected chi connectivity index (χ3v) is 8.76. The molecule has 196 valence electrons. The smallest absolute Gasteiger partial charge is 0.101 e. The molecule has 2 aliphatic carbocycles. The topological polar surface area (TPSA) is 47.6 Å². The first-order valence-electron chi connectivity index (χ1n) is 14.0. The van der Waals surface area contributed by atoms with Crippen LogP contribution in [0.2, 0.25) is 0 Å². The van der Waals surface area contributed by atoms with Crippen molar-refractivity contribution in [1.29, 1.82) is 10.5 Å². The summed E-state index contributed by atoms with van der Waals surface area (Å²) in [5, 5.41) is 22.2. The van der Waals surface area contributed by atoms with Gasteiger partial charge >= 0.3 is 0 Å². The van der Waals surface area contributed by atoms with E-state index in [1.165, 1.54) is 16.7 Å². The monoisotopic (exact) mass is 510 g/mol. The summed E-state index contributed by atoms with van der Waals surface area (Å²) < 4.78 is 28.0. The van der Waals surface area contributed by atoms with Gasteiger partial charge in [0.05, 0.1) is 11.1 Å². The van der Waals surface area contributed by atoms with Gasteiger partial charge in [0.25, 0.3) is 0 Å². The highest BCUT2D eigenvalue weighted by Gasteiger charge is 2.27. The molecule has 0 saturated heterocycles. The Morgan fingerprint density at radius 1 is 0.711 bits per heavy atom. The van der Waals surface area contributed by atoms with E-state index in [0.29, 0.717) is 36.8 Å². The fraction of sp³-hybridized carbons (Fsp3) is 0.471. The summed E-state index contributed by atoms with van der Waals surface area (Å²) in [4.78, 5) is 0. The number of nitriles is 2. The Morgan fingerprint density at radius 2 is 1.26 bits per heavy atom. The molecule has 4 heteroatoms. The quantitative estimate of drug-likeness (QED) is 0.352. The number of fused-ring (bicyclic) bond motifs is 1. The number of alkyl halides is 2. The molecule has 0 heterocycles. The van der Waals surface area contributed by atoms with Crippen LogP contribution in [0.25, 0.3) is 21.9 Å². The Hall–Kier alpha value is -3.24. The predicted octanol–water partition coefficient (Wildman–Crippen LogP) is 9.54. The van der Waals surface area contributed by atoms with E-state index < -0.39 is 12.3 Å². The van der Waals surface area contributed by atoms with E-state index in [2.05, 4.69) is 69.3 Å². The molecule has 0 amide bonds. The maximum absolute atomic E-state index is 14.0. The molecule has 0 aromatic heterocycles. The first kappa shape index (κ1) is 26.4. The second kappa shape index (κ2) is 10.5. The van der Waals surface area contributed by atoms with Crippen LogP contribution in [0.4, 0.5) is 8.78 Å². The van der Waals surface area contributed by atoms with Gasteiger partial charge < -0.3 is 0 Å². The van der Waals surface area contributed by atoms with Crippen LogP contribution in [0, 0.1) is 22.7 Å². The van der Waals surface area contributed by atoms with Crippen LogP contribution in [0.5, 0.6) is 0 Å². The summed E-state index contributed by atoms with van der Waals surface area (Å²) in [6, 6.07) is 19.4. The number of rotatable bonds is 3. The minimum atomic E-state index is -0.729. The summed E-state index contributed by atoms with van der Waals surface area (Å²) in [5.41, 5.74) is 5.98. The highest BCUT2D eigenvalue weighted by molar-refractivity contribution is 6.01. The Morgan fingerprint density at radius 3 is 1.74 bits per heavy atom. The number of nitrogens with zero attached hydrogens (tertiary/aromatic N) is 2. The molecule has 0 atom stereocenters. The minimum Gasteiger partial charge on any atom is -0.247 e. The van der Waals surface area contributed by atoms with Gasteiger partial charge in [0, 0.05) is 5.56 Å². The van der Waals surface area contributed by atoms with Crippen LogP contribution in [0.3, 0.4) is 0 Å². The van der Waals surface area contributed by atoms with Crippen molar-refractivity contribution in [2.75, 3.05) is 0 Å².